The molecule has 24 heavy (non-hydrogen) atoms. The second-order valence-corrected chi connectivity index (χ2v) is 9.65. The summed E-state index contributed by atoms with van der Waals surface area (Å²) in [5.74, 6) is 1.20. The molecule has 1 amide bonds. The van der Waals surface area contributed by atoms with E-state index in [2.05, 4.69) is 16.8 Å². The Hall–Kier alpha value is -0.630. The quantitative estimate of drug-likeness (QED) is 0.798. The van der Waals surface area contributed by atoms with Crippen molar-refractivity contribution < 1.29 is 9.53 Å². The molecule has 3 aliphatic heterocycles. The first kappa shape index (κ1) is 16.8. The van der Waals surface area contributed by atoms with Crippen LogP contribution in [0.3, 0.4) is 0 Å². The molecule has 1 aromatic rings. The van der Waals surface area contributed by atoms with Gasteiger partial charge in [-0.25, -0.2) is 4.98 Å². The third-order valence-corrected chi connectivity index (χ3v) is 7.81. The Bertz CT molecular complexity index is 594. The van der Waals surface area contributed by atoms with Crippen LogP contribution in [0.4, 0.5) is 0 Å². The minimum Gasteiger partial charge on any atom is -0.367 e. The summed E-state index contributed by atoms with van der Waals surface area (Å²) in [5.41, 5.74) is 3.10. The molecule has 4 rings (SSSR count). The van der Waals surface area contributed by atoms with Crippen molar-refractivity contribution in [3.63, 3.8) is 0 Å². The van der Waals surface area contributed by atoms with Crippen LogP contribution in [-0.4, -0.2) is 70.1 Å². The second kappa shape index (κ2) is 6.94. The zero-order chi connectivity index (χ0) is 16.6. The number of aromatic nitrogens is 1. The highest BCUT2D eigenvalue weighted by Gasteiger charge is 2.49. The molecule has 0 bridgehead atoms. The van der Waals surface area contributed by atoms with Crippen molar-refractivity contribution in [2.75, 3.05) is 38.5 Å². The molecule has 0 radical (unpaired) electrons. The standard InChI is InChI=1S/C17H25N3O2S2/c1-13-15(23-12-18-13)7-19-10-17(11-19)6-14(9-24-17)22-8-16(21)20-4-2-3-5-20/h12,14H,2-11H2,1H3. The molecule has 1 atom stereocenters. The van der Waals surface area contributed by atoms with E-state index < -0.39 is 0 Å². The lowest BCUT2D eigenvalue weighted by Crippen LogP contribution is -2.58. The van der Waals surface area contributed by atoms with E-state index in [-0.39, 0.29) is 18.6 Å². The normalized spacial score (nSPS) is 26.2. The minimum atomic E-state index is 0.175. The molecule has 0 aliphatic carbocycles. The maximum absolute atomic E-state index is 12.1. The molecule has 3 aliphatic rings. The number of carbonyl (C=O) groups excluding carboxylic acids is 1. The maximum atomic E-state index is 12.1. The highest BCUT2D eigenvalue weighted by atomic mass is 32.2. The van der Waals surface area contributed by atoms with Gasteiger partial charge in [-0.1, -0.05) is 0 Å². The van der Waals surface area contributed by atoms with E-state index >= 15 is 0 Å². The van der Waals surface area contributed by atoms with Crippen molar-refractivity contribution in [1.82, 2.24) is 14.8 Å². The molecule has 1 aromatic heterocycles. The fourth-order valence-corrected chi connectivity index (χ4v) is 6.36. The number of hydrogen-bond acceptors (Lipinski definition) is 6. The number of rotatable bonds is 5. The summed E-state index contributed by atoms with van der Waals surface area (Å²) in [5, 5.41) is 0. The topological polar surface area (TPSA) is 45.7 Å². The van der Waals surface area contributed by atoms with E-state index in [0.717, 1.165) is 57.7 Å². The Labute approximate surface area is 151 Å². The van der Waals surface area contributed by atoms with E-state index in [1.54, 1.807) is 11.3 Å². The fourth-order valence-electron chi connectivity index (χ4n) is 3.94. The molecule has 4 heterocycles. The zero-order valence-electron chi connectivity index (χ0n) is 14.2. The third-order valence-electron chi connectivity index (χ3n) is 5.31. The van der Waals surface area contributed by atoms with Crippen LogP contribution in [0.25, 0.3) is 0 Å². The van der Waals surface area contributed by atoms with Gasteiger partial charge in [-0.2, -0.15) is 0 Å². The molecule has 3 fully saturated rings. The Kier molecular flexibility index (Phi) is 4.86. The Morgan fingerprint density at radius 1 is 1.42 bits per heavy atom. The zero-order valence-corrected chi connectivity index (χ0v) is 15.8. The van der Waals surface area contributed by atoms with Gasteiger partial charge in [0.2, 0.25) is 5.91 Å². The summed E-state index contributed by atoms with van der Waals surface area (Å²) in [6.07, 6.45) is 3.61. The molecule has 7 heteroatoms. The largest absolute Gasteiger partial charge is 0.367 e. The summed E-state index contributed by atoms with van der Waals surface area (Å²) in [6.45, 7) is 7.48. The number of aryl methyl sites for hydroxylation is 1. The average molecular weight is 368 g/mol. The van der Waals surface area contributed by atoms with Crippen LogP contribution >= 0.6 is 23.1 Å². The van der Waals surface area contributed by atoms with Gasteiger partial charge in [0.1, 0.15) is 6.61 Å². The highest BCUT2D eigenvalue weighted by Crippen LogP contribution is 2.46. The number of thioether (sulfide) groups is 1. The maximum Gasteiger partial charge on any atom is 0.248 e. The second-order valence-electron chi connectivity index (χ2n) is 7.23. The van der Waals surface area contributed by atoms with Gasteiger partial charge in [0.25, 0.3) is 0 Å². The molecule has 0 saturated carbocycles. The van der Waals surface area contributed by atoms with Crippen molar-refractivity contribution in [3.05, 3.63) is 16.1 Å². The van der Waals surface area contributed by atoms with Crippen molar-refractivity contribution in [1.29, 1.82) is 0 Å². The summed E-state index contributed by atoms with van der Waals surface area (Å²) in [4.78, 5) is 22.3. The van der Waals surface area contributed by atoms with Crippen LogP contribution in [0.5, 0.6) is 0 Å². The van der Waals surface area contributed by atoms with E-state index in [4.69, 9.17) is 4.74 Å². The molecular formula is C17H25N3O2S2. The van der Waals surface area contributed by atoms with E-state index in [9.17, 15) is 4.79 Å². The summed E-state index contributed by atoms with van der Waals surface area (Å²) < 4.78 is 6.29. The number of ether oxygens (including phenoxy) is 1. The van der Waals surface area contributed by atoms with Gasteiger partial charge in [-0.15, -0.1) is 23.1 Å². The SMILES string of the molecule is Cc1ncsc1CN1CC2(CC(OCC(=O)N3CCCC3)CS2)C1. The summed E-state index contributed by atoms with van der Waals surface area (Å²) in [6, 6.07) is 0. The third kappa shape index (κ3) is 3.49. The van der Waals surface area contributed by atoms with Crippen molar-refractivity contribution >= 4 is 29.0 Å². The average Bonchev–Trinajstić information content (AvgIpc) is 3.26. The van der Waals surface area contributed by atoms with Gasteiger partial charge in [0.05, 0.1) is 17.3 Å². The lowest BCUT2D eigenvalue weighted by molar-refractivity contribution is -0.136. The van der Waals surface area contributed by atoms with Gasteiger partial charge in [0.15, 0.2) is 0 Å². The molecular weight excluding hydrogens is 342 g/mol. The molecule has 132 valence electrons. The van der Waals surface area contributed by atoms with Crippen LogP contribution in [0.15, 0.2) is 5.51 Å². The molecule has 0 N–H and O–H groups in total. The number of likely N-dealkylation sites (tertiary alicyclic amines) is 2. The van der Waals surface area contributed by atoms with Gasteiger partial charge >= 0.3 is 0 Å². The highest BCUT2D eigenvalue weighted by molar-refractivity contribution is 8.01. The summed E-state index contributed by atoms with van der Waals surface area (Å²) >= 11 is 3.80. The predicted octanol–water partition coefficient (Wildman–Crippen LogP) is 2.15. The first-order valence-corrected chi connectivity index (χ1v) is 10.6. The number of nitrogens with zero attached hydrogens (tertiary/aromatic N) is 3. The lowest BCUT2D eigenvalue weighted by atomic mass is 9.93. The van der Waals surface area contributed by atoms with Crippen LogP contribution < -0.4 is 0 Å². The monoisotopic (exact) mass is 367 g/mol. The van der Waals surface area contributed by atoms with E-state index in [0.29, 0.717) is 4.75 Å². The minimum absolute atomic E-state index is 0.175. The molecule has 3 saturated heterocycles. The van der Waals surface area contributed by atoms with Gasteiger partial charge < -0.3 is 9.64 Å². The molecule has 1 spiro atoms. The van der Waals surface area contributed by atoms with Gasteiger partial charge in [-0.3, -0.25) is 9.69 Å². The van der Waals surface area contributed by atoms with Crippen molar-refractivity contribution in [3.8, 4) is 0 Å². The smallest absolute Gasteiger partial charge is 0.248 e. The Morgan fingerprint density at radius 3 is 2.92 bits per heavy atom. The molecule has 5 nitrogen and oxygen atoms in total. The first-order valence-electron chi connectivity index (χ1n) is 8.78. The van der Waals surface area contributed by atoms with E-state index in [1.165, 1.54) is 10.6 Å². The van der Waals surface area contributed by atoms with Gasteiger partial charge in [0, 0.05) is 48.1 Å². The predicted molar refractivity (Wildman–Crippen MR) is 97.5 cm³/mol. The molecule has 0 aromatic carbocycles. The lowest BCUT2D eigenvalue weighted by Gasteiger charge is -2.47. The number of carbonyl (C=O) groups is 1. The van der Waals surface area contributed by atoms with Crippen molar-refractivity contribution in [2.24, 2.45) is 0 Å². The van der Waals surface area contributed by atoms with Crippen LogP contribution in [0.2, 0.25) is 0 Å². The van der Waals surface area contributed by atoms with Gasteiger partial charge in [-0.05, 0) is 26.2 Å². The van der Waals surface area contributed by atoms with Crippen molar-refractivity contribution in [2.45, 2.75) is 43.6 Å². The van der Waals surface area contributed by atoms with E-state index in [1.807, 2.05) is 22.2 Å². The molecule has 1 unspecified atom stereocenters. The first-order chi connectivity index (χ1) is 11.6. The fraction of sp³-hybridized carbons (Fsp3) is 0.765. The van der Waals surface area contributed by atoms with Crippen LogP contribution in [0, 0.1) is 6.92 Å². The summed E-state index contributed by atoms with van der Waals surface area (Å²) in [7, 11) is 0. The number of thiazole rings is 1. The Balaban J connectivity index is 1.20. The Morgan fingerprint density at radius 2 is 2.21 bits per heavy atom. The number of hydrogen-bond donors (Lipinski definition) is 0. The van der Waals surface area contributed by atoms with Crippen LogP contribution in [-0.2, 0) is 16.1 Å². The number of amides is 1. The van der Waals surface area contributed by atoms with Crippen LogP contribution in [0.1, 0.15) is 29.8 Å².